The van der Waals surface area contributed by atoms with Gasteiger partial charge >= 0.3 is 5.97 Å². The fourth-order valence-corrected chi connectivity index (χ4v) is 3.23. The van der Waals surface area contributed by atoms with Crippen LogP contribution in [0, 0.1) is 18.3 Å². The van der Waals surface area contributed by atoms with Crippen molar-refractivity contribution in [1.82, 2.24) is 9.97 Å². The van der Waals surface area contributed by atoms with Crippen molar-refractivity contribution in [3.63, 3.8) is 0 Å². The lowest BCUT2D eigenvalue weighted by Gasteiger charge is -2.27. The predicted molar refractivity (Wildman–Crippen MR) is 114 cm³/mol. The first kappa shape index (κ1) is 21.6. The van der Waals surface area contributed by atoms with E-state index < -0.39 is 11.9 Å². The topological polar surface area (TPSA) is 85.5 Å². The summed E-state index contributed by atoms with van der Waals surface area (Å²) in [6.45, 7) is 8.13. The molecule has 0 aliphatic rings. The highest BCUT2D eigenvalue weighted by Gasteiger charge is 2.31. The molecule has 1 N–H and O–H groups in total. The Hall–Kier alpha value is -3.15. The summed E-state index contributed by atoms with van der Waals surface area (Å²) in [5, 5.41) is 9.49. The molecule has 0 radical (unpaired) electrons. The van der Waals surface area contributed by atoms with Gasteiger partial charge in [-0.1, -0.05) is 45.0 Å². The van der Waals surface area contributed by atoms with Gasteiger partial charge in [-0.05, 0) is 36.5 Å². The van der Waals surface area contributed by atoms with Crippen molar-refractivity contribution in [3.8, 4) is 17.3 Å². The zero-order valence-electron chi connectivity index (χ0n) is 17.9. The third kappa shape index (κ3) is 5.47. The molecule has 30 heavy (non-hydrogen) atoms. The van der Waals surface area contributed by atoms with E-state index in [9.17, 15) is 9.90 Å². The van der Waals surface area contributed by atoms with Crippen LogP contribution in [0.15, 0.2) is 53.1 Å². The van der Waals surface area contributed by atoms with Crippen molar-refractivity contribution in [3.05, 3.63) is 65.7 Å². The average Bonchev–Trinajstić information content (AvgIpc) is 3.07. The number of aromatic nitrogens is 2. The zero-order valence-corrected chi connectivity index (χ0v) is 17.9. The van der Waals surface area contributed by atoms with E-state index in [-0.39, 0.29) is 5.41 Å². The second kappa shape index (κ2) is 9.11. The first-order chi connectivity index (χ1) is 14.2. The van der Waals surface area contributed by atoms with E-state index in [1.165, 1.54) is 0 Å². The van der Waals surface area contributed by atoms with Crippen molar-refractivity contribution < 1.29 is 19.1 Å². The minimum atomic E-state index is -0.791. The SMILES string of the molecule is Cc1oc(-c2ccccc2)nc1CCOc1ccc(CC(C(=O)O)C(C)(C)C)cn1. The highest BCUT2D eigenvalue weighted by atomic mass is 16.5. The van der Waals surface area contributed by atoms with E-state index in [0.29, 0.717) is 31.2 Å². The lowest BCUT2D eigenvalue weighted by atomic mass is 9.77. The lowest BCUT2D eigenvalue weighted by molar-refractivity contribution is -0.145. The van der Waals surface area contributed by atoms with Gasteiger partial charge < -0.3 is 14.3 Å². The zero-order chi connectivity index (χ0) is 21.7. The van der Waals surface area contributed by atoms with Crippen LogP contribution in [0.3, 0.4) is 0 Å². The quantitative estimate of drug-likeness (QED) is 0.567. The Kier molecular flexibility index (Phi) is 6.55. The van der Waals surface area contributed by atoms with E-state index in [1.54, 1.807) is 12.3 Å². The van der Waals surface area contributed by atoms with Gasteiger partial charge in [0.1, 0.15) is 5.76 Å². The fourth-order valence-electron chi connectivity index (χ4n) is 3.23. The summed E-state index contributed by atoms with van der Waals surface area (Å²) in [5.41, 5.74) is 2.36. The molecule has 3 aromatic rings. The van der Waals surface area contributed by atoms with Gasteiger partial charge in [-0.25, -0.2) is 9.97 Å². The van der Waals surface area contributed by atoms with Gasteiger partial charge in [0.15, 0.2) is 0 Å². The van der Waals surface area contributed by atoms with Gasteiger partial charge in [-0.3, -0.25) is 4.79 Å². The Morgan fingerprint density at radius 2 is 1.90 bits per heavy atom. The van der Waals surface area contributed by atoms with Gasteiger partial charge in [-0.15, -0.1) is 0 Å². The van der Waals surface area contributed by atoms with E-state index in [4.69, 9.17) is 9.15 Å². The van der Waals surface area contributed by atoms with Crippen LogP contribution >= 0.6 is 0 Å². The van der Waals surface area contributed by atoms with Gasteiger partial charge in [0.25, 0.3) is 0 Å². The number of carbonyl (C=O) groups is 1. The van der Waals surface area contributed by atoms with E-state index >= 15 is 0 Å². The largest absolute Gasteiger partial charge is 0.481 e. The van der Waals surface area contributed by atoms with Crippen LogP contribution in [-0.2, 0) is 17.6 Å². The first-order valence-corrected chi connectivity index (χ1v) is 10.1. The molecule has 0 saturated heterocycles. The number of oxazole rings is 1. The normalized spacial score (nSPS) is 12.5. The molecule has 2 aromatic heterocycles. The molecule has 0 saturated carbocycles. The molecule has 1 atom stereocenters. The Morgan fingerprint density at radius 3 is 2.50 bits per heavy atom. The van der Waals surface area contributed by atoms with Crippen LogP contribution in [0.5, 0.6) is 5.88 Å². The van der Waals surface area contributed by atoms with Crippen molar-refractivity contribution in [2.24, 2.45) is 11.3 Å². The van der Waals surface area contributed by atoms with E-state index in [2.05, 4.69) is 9.97 Å². The van der Waals surface area contributed by atoms with Crippen molar-refractivity contribution in [1.29, 1.82) is 0 Å². The molecule has 0 aliphatic heterocycles. The molecule has 0 fully saturated rings. The van der Waals surface area contributed by atoms with Crippen molar-refractivity contribution in [2.45, 2.75) is 40.5 Å². The van der Waals surface area contributed by atoms with Crippen LogP contribution < -0.4 is 4.74 Å². The number of hydrogen-bond acceptors (Lipinski definition) is 5. The predicted octanol–water partition coefficient (Wildman–Crippen LogP) is 4.96. The highest BCUT2D eigenvalue weighted by Crippen LogP contribution is 2.29. The second-order valence-corrected chi connectivity index (χ2v) is 8.45. The highest BCUT2D eigenvalue weighted by molar-refractivity contribution is 5.71. The molecule has 0 spiro atoms. The van der Waals surface area contributed by atoms with Crippen molar-refractivity contribution >= 4 is 5.97 Å². The summed E-state index contributed by atoms with van der Waals surface area (Å²) in [5.74, 6) is 0.631. The third-order valence-electron chi connectivity index (χ3n) is 5.08. The van der Waals surface area contributed by atoms with Crippen LogP contribution in [0.4, 0.5) is 0 Å². The average molecular weight is 408 g/mol. The van der Waals surface area contributed by atoms with Crippen LogP contribution in [0.2, 0.25) is 0 Å². The minimum absolute atomic E-state index is 0.324. The number of hydrogen-bond donors (Lipinski definition) is 1. The maximum Gasteiger partial charge on any atom is 0.307 e. The van der Waals surface area contributed by atoms with E-state index in [1.807, 2.05) is 64.1 Å². The smallest absolute Gasteiger partial charge is 0.307 e. The molecule has 1 unspecified atom stereocenters. The number of ether oxygens (including phenoxy) is 1. The number of carboxylic acids is 1. The molecule has 6 nitrogen and oxygen atoms in total. The molecule has 0 amide bonds. The van der Waals surface area contributed by atoms with Gasteiger partial charge in [-0.2, -0.15) is 0 Å². The molecule has 6 heteroatoms. The van der Waals surface area contributed by atoms with Crippen molar-refractivity contribution in [2.75, 3.05) is 6.61 Å². The second-order valence-electron chi connectivity index (χ2n) is 8.45. The molecule has 0 bridgehead atoms. The standard InChI is InChI=1S/C24H28N2O4/c1-16-20(26-22(30-16)18-8-6-5-7-9-18)12-13-29-21-11-10-17(15-25-21)14-19(23(27)28)24(2,3)4/h5-11,15,19H,12-14H2,1-4H3,(H,27,28). The molecular weight excluding hydrogens is 380 g/mol. The Balaban J connectivity index is 1.56. The summed E-state index contributed by atoms with van der Waals surface area (Å²) in [6, 6.07) is 13.4. The molecule has 2 heterocycles. The Labute approximate surface area is 176 Å². The van der Waals surface area contributed by atoms with Crippen LogP contribution in [-0.4, -0.2) is 27.7 Å². The number of benzene rings is 1. The minimum Gasteiger partial charge on any atom is -0.481 e. The molecule has 1 aromatic carbocycles. The number of carboxylic acid groups (broad SMARTS) is 1. The molecule has 3 rings (SSSR count). The Morgan fingerprint density at radius 1 is 1.17 bits per heavy atom. The Bertz CT molecular complexity index is 973. The fraction of sp³-hybridized carbons (Fsp3) is 0.375. The summed E-state index contributed by atoms with van der Waals surface area (Å²) in [7, 11) is 0. The number of rotatable bonds is 8. The monoisotopic (exact) mass is 408 g/mol. The summed E-state index contributed by atoms with van der Waals surface area (Å²) < 4.78 is 11.5. The number of aryl methyl sites for hydroxylation is 1. The van der Waals surface area contributed by atoms with Gasteiger partial charge in [0.05, 0.1) is 18.2 Å². The lowest BCUT2D eigenvalue weighted by Crippen LogP contribution is -2.30. The summed E-state index contributed by atoms with van der Waals surface area (Å²) >= 11 is 0. The molecule has 0 aliphatic carbocycles. The number of pyridine rings is 1. The summed E-state index contributed by atoms with van der Waals surface area (Å²) in [4.78, 5) is 20.4. The summed E-state index contributed by atoms with van der Waals surface area (Å²) in [6.07, 6.45) is 2.73. The maximum atomic E-state index is 11.6. The molecule has 158 valence electrons. The van der Waals surface area contributed by atoms with Crippen LogP contribution in [0.1, 0.15) is 37.8 Å². The molecular formula is C24H28N2O4. The maximum absolute atomic E-state index is 11.6. The third-order valence-corrected chi connectivity index (χ3v) is 5.08. The van der Waals surface area contributed by atoms with E-state index in [0.717, 1.165) is 22.6 Å². The van der Waals surface area contributed by atoms with Gasteiger partial charge in [0, 0.05) is 24.2 Å². The number of nitrogens with zero attached hydrogens (tertiary/aromatic N) is 2. The first-order valence-electron chi connectivity index (χ1n) is 10.1. The van der Waals surface area contributed by atoms with Crippen LogP contribution in [0.25, 0.3) is 11.5 Å². The number of aliphatic carboxylic acids is 1. The van der Waals surface area contributed by atoms with Gasteiger partial charge in [0.2, 0.25) is 11.8 Å².